The Morgan fingerprint density at radius 3 is 2.82 bits per heavy atom. The van der Waals surface area contributed by atoms with Crippen LogP contribution in [0.2, 0.25) is 0 Å². The molecule has 1 saturated heterocycles. The van der Waals surface area contributed by atoms with Gasteiger partial charge in [0.05, 0.1) is 6.04 Å². The predicted octanol–water partition coefficient (Wildman–Crippen LogP) is 3.16. The summed E-state index contributed by atoms with van der Waals surface area (Å²) in [5.74, 6) is 2.76. The summed E-state index contributed by atoms with van der Waals surface area (Å²) in [6.07, 6.45) is 3.59. The highest BCUT2D eigenvalue weighted by Gasteiger charge is 2.32. The van der Waals surface area contributed by atoms with E-state index in [1.165, 1.54) is 5.56 Å². The molecule has 3 heterocycles. The van der Waals surface area contributed by atoms with Crippen LogP contribution in [-0.4, -0.2) is 42.7 Å². The summed E-state index contributed by atoms with van der Waals surface area (Å²) in [5.41, 5.74) is 2.12. The molecule has 0 radical (unpaired) electrons. The number of hydrogen-bond acceptors (Lipinski definition) is 6. The Morgan fingerprint density at radius 1 is 1.25 bits per heavy atom. The first-order valence-electron chi connectivity index (χ1n) is 9.68. The van der Waals surface area contributed by atoms with E-state index in [1.54, 1.807) is 0 Å². The molecular weight excluding hydrogens is 356 g/mol. The Morgan fingerprint density at radius 2 is 2.07 bits per heavy atom. The van der Waals surface area contributed by atoms with Crippen molar-refractivity contribution in [3.63, 3.8) is 0 Å². The first kappa shape index (κ1) is 18.3. The zero-order valence-electron chi connectivity index (χ0n) is 16.2. The molecule has 2 aromatic heterocycles. The summed E-state index contributed by atoms with van der Waals surface area (Å²) in [6, 6.07) is 7.98. The number of aromatic nitrogens is 5. The number of carbonyl (C=O) groups is 1. The van der Waals surface area contributed by atoms with Crippen LogP contribution < -0.4 is 0 Å². The maximum absolute atomic E-state index is 12.7. The van der Waals surface area contributed by atoms with E-state index in [0.29, 0.717) is 36.8 Å². The van der Waals surface area contributed by atoms with Crippen molar-refractivity contribution in [1.29, 1.82) is 0 Å². The largest absolute Gasteiger partial charge is 0.339 e. The topological polar surface area (TPSA) is 101 Å². The molecule has 1 N–H and O–H groups in total. The molecule has 4 rings (SSSR count). The number of hydrogen-bond donors (Lipinski definition) is 1. The second-order valence-corrected chi connectivity index (χ2v) is 7.26. The van der Waals surface area contributed by atoms with E-state index in [-0.39, 0.29) is 11.9 Å². The third-order valence-electron chi connectivity index (χ3n) is 5.04. The van der Waals surface area contributed by atoms with Crippen molar-refractivity contribution < 1.29 is 9.32 Å². The van der Waals surface area contributed by atoms with Gasteiger partial charge in [-0.05, 0) is 33.1 Å². The first-order chi connectivity index (χ1) is 13.6. The van der Waals surface area contributed by atoms with Gasteiger partial charge in [0.1, 0.15) is 5.82 Å². The highest BCUT2D eigenvalue weighted by atomic mass is 16.5. The Balaban J connectivity index is 1.31. The molecule has 1 amide bonds. The molecule has 1 fully saturated rings. The maximum Gasteiger partial charge on any atom is 0.226 e. The van der Waals surface area contributed by atoms with Crippen molar-refractivity contribution in [1.82, 2.24) is 30.2 Å². The SMILES string of the molecule is Cc1ccc(-c2noc(CCCC(=O)N3CCCC3c3n[nH]c(C)n3)n2)cc1. The van der Waals surface area contributed by atoms with Crippen LogP contribution in [0.1, 0.15) is 54.8 Å². The summed E-state index contributed by atoms with van der Waals surface area (Å²) in [7, 11) is 0. The normalized spacial score (nSPS) is 16.6. The Labute approximate surface area is 163 Å². The van der Waals surface area contributed by atoms with Crippen LogP contribution in [0.3, 0.4) is 0 Å². The van der Waals surface area contributed by atoms with Gasteiger partial charge in [-0.1, -0.05) is 35.0 Å². The molecular formula is C20H24N6O2. The van der Waals surface area contributed by atoms with Gasteiger partial charge in [0.2, 0.25) is 17.6 Å². The molecule has 1 unspecified atom stereocenters. The summed E-state index contributed by atoms with van der Waals surface area (Å²) < 4.78 is 5.34. The monoisotopic (exact) mass is 380 g/mol. The van der Waals surface area contributed by atoms with Crippen LogP contribution in [-0.2, 0) is 11.2 Å². The molecule has 1 aromatic carbocycles. The van der Waals surface area contributed by atoms with Crippen LogP contribution in [0.15, 0.2) is 28.8 Å². The van der Waals surface area contributed by atoms with Gasteiger partial charge in [-0.2, -0.15) is 10.1 Å². The highest BCUT2D eigenvalue weighted by molar-refractivity contribution is 5.76. The number of carbonyl (C=O) groups excluding carboxylic acids is 1. The average molecular weight is 380 g/mol. The molecule has 28 heavy (non-hydrogen) atoms. The lowest BCUT2D eigenvalue weighted by atomic mass is 10.1. The third-order valence-corrected chi connectivity index (χ3v) is 5.04. The second kappa shape index (κ2) is 7.92. The van der Waals surface area contributed by atoms with E-state index >= 15 is 0 Å². The average Bonchev–Trinajstić information content (AvgIpc) is 3.42. The van der Waals surface area contributed by atoms with Crippen LogP contribution in [0.25, 0.3) is 11.4 Å². The Hall–Kier alpha value is -3.03. The molecule has 146 valence electrons. The molecule has 1 aliphatic heterocycles. The predicted molar refractivity (Wildman–Crippen MR) is 102 cm³/mol. The summed E-state index contributed by atoms with van der Waals surface area (Å²) >= 11 is 0. The number of nitrogens with one attached hydrogen (secondary N) is 1. The van der Waals surface area contributed by atoms with Gasteiger partial charge < -0.3 is 9.42 Å². The van der Waals surface area contributed by atoms with Crippen LogP contribution in [0, 0.1) is 13.8 Å². The lowest BCUT2D eigenvalue weighted by Crippen LogP contribution is -2.31. The van der Waals surface area contributed by atoms with Crippen molar-refractivity contribution in [2.24, 2.45) is 0 Å². The fourth-order valence-corrected chi connectivity index (χ4v) is 3.55. The fourth-order valence-electron chi connectivity index (χ4n) is 3.55. The number of aromatic amines is 1. The standard InChI is InChI=1S/C20H24N6O2/c1-13-8-10-15(11-9-13)19-22-17(28-25-19)6-3-7-18(27)26-12-4-5-16(26)20-21-14(2)23-24-20/h8-11,16H,3-7,12H2,1-2H3,(H,21,23,24). The number of rotatable bonds is 6. The van der Waals surface area contributed by atoms with E-state index in [9.17, 15) is 4.79 Å². The molecule has 8 heteroatoms. The zero-order chi connectivity index (χ0) is 19.5. The minimum atomic E-state index is -0.0194. The third kappa shape index (κ3) is 3.95. The molecule has 8 nitrogen and oxygen atoms in total. The minimum Gasteiger partial charge on any atom is -0.339 e. The van der Waals surface area contributed by atoms with Crippen LogP contribution in [0.5, 0.6) is 0 Å². The van der Waals surface area contributed by atoms with Gasteiger partial charge in [-0.3, -0.25) is 9.89 Å². The molecule has 0 spiro atoms. The number of benzene rings is 1. The van der Waals surface area contributed by atoms with Crippen LogP contribution in [0.4, 0.5) is 0 Å². The van der Waals surface area contributed by atoms with E-state index in [1.807, 2.05) is 43.0 Å². The Bertz CT molecular complexity index is 946. The van der Waals surface area contributed by atoms with Gasteiger partial charge in [0.25, 0.3) is 0 Å². The van der Waals surface area contributed by atoms with Crippen molar-refractivity contribution in [2.75, 3.05) is 6.54 Å². The summed E-state index contributed by atoms with van der Waals surface area (Å²) in [6.45, 7) is 4.67. The molecule has 3 aromatic rings. The summed E-state index contributed by atoms with van der Waals surface area (Å²) in [5, 5.41) is 11.1. The number of amides is 1. The highest BCUT2D eigenvalue weighted by Crippen LogP contribution is 2.30. The zero-order valence-corrected chi connectivity index (χ0v) is 16.2. The van der Waals surface area contributed by atoms with E-state index in [0.717, 1.165) is 30.8 Å². The maximum atomic E-state index is 12.7. The van der Waals surface area contributed by atoms with Crippen LogP contribution >= 0.6 is 0 Å². The molecule has 0 bridgehead atoms. The number of nitrogens with zero attached hydrogens (tertiary/aromatic N) is 5. The smallest absolute Gasteiger partial charge is 0.226 e. The molecule has 1 aliphatic rings. The van der Waals surface area contributed by atoms with Gasteiger partial charge in [-0.15, -0.1) is 0 Å². The van der Waals surface area contributed by atoms with E-state index < -0.39 is 0 Å². The quantitative estimate of drug-likeness (QED) is 0.705. The first-order valence-corrected chi connectivity index (χ1v) is 9.68. The summed E-state index contributed by atoms with van der Waals surface area (Å²) in [4.78, 5) is 23.4. The lowest BCUT2D eigenvalue weighted by Gasteiger charge is -2.22. The number of likely N-dealkylation sites (tertiary alicyclic amines) is 1. The van der Waals surface area contributed by atoms with Gasteiger partial charge in [-0.25, -0.2) is 4.98 Å². The van der Waals surface area contributed by atoms with Crippen molar-refractivity contribution in [3.05, 3.63) is 47.4 Å². The lowest BCUT2D eigenvalue weighted by molar-refractivity contribution is -0.132. The van der Waals surface area contributed by atoms with E-state index in [2.05, 4.69) is 25.3 Å². The molecule has 1 atom stereocenters. The Kier molecular flexibility index (Phi) is 5.18. The second-order valence-electron chi connectivity index (χ2n) is 7.26. The molecule has 0 saturated carbocycles. The van der Waals surface area contributed by atoms with Crippen molar-refractivity contribution >= 4 is 5.91 Å². The van der Waals surface area contributed by atoms with Crippen molar-refractivity contribution in [2.45, 2.75) is 52.0 Å². The van der Waals surface area contributed by atoms with Crippen molar-refractivity contribution in [3.8, 4) is 11.4 Å². The van der Waals surface area contributed by atoms with Gasteiger partial charge >= 0.3 is 0 Å². The fraction of sp³-hybridized carbons (Fsp3) is 0.450. The van der Waals surface area contributed by atoms with Gasteiger partial charge in [0, 0.05) is 24.9 Å². The molecule has 0 aliphatic carbocycles. The minimum absolute atomic E-state index is 0.0194. The van der Waals surface area contributed by atoms with Gasteiger partial charge in [0.15, 0.2) is 5.82 Å². The number of aryl methyl sites for hydroxylation is 3. The van der Waals surface area contributed by atoms with E-state index in [4.69, 9.17) is 4.52 Å². The number of H-pyrrole nitrogens is 1.